The Bertz CT molecular complexity index is 1260. The second-order valence-electron chi connectivity index (χ2n) is 9.61. The highest BCUT2D eigenvalue weighted by Crippen LogP contribution is 2.42. The Balaban J connectivity index is 1.32. The summed E-state index contributed by atoms with van der Waals surface area (Å²) in [6.45, 7) is 6.36. The predicted octanol–water partition coefficient (Wildman–Crippen LogP) is 2.38. The molecule has 6 rings (SSSR count). The van der Waals surface area contributed by atoms with Gasteiger partial charge in [0, 0.05) is 67.8 Å². The molecule has 4 heterocycles. The van der Waals surface area contributed by atoms with E-state index in [2.05, 4.69) is 63.0 Å². The smallest absolute Gasteiger partial charge is 0.101 e. The first-order chi connectivity index (χ1) is 16.0. The van der Waals surface area contributed by atoms with Crippen LogP contribution in [-0.4, -0.2) is 59.4 Å². The number of nitriles is 1. The number of pyridine rings is 1. The summed E-state index contributed by atoms with van der Waals surface area (Å²) in [4.78, 5) is 11.7. The van der Waals surface area contributed by atoms with Gasteiger partial charge in [0.25, 0.3) is 0 Å². The van der Waals surface area contributed by atoms with Crippen LogP contribution >= 0.6 is 0 Å². The van der Waals surface area contributed by atoms with Crippen LogP contribution in [0.15, 0.2) is 48.7 Å². The summed E-state index contributed by atoms with van der Waals surface area (Å²) in [6, 6.07) is 17.5. The second kappa shape index (κ2) is 7.70. The minimum absolute atomic E-state index is 0.185. The zero-order valence-electron chi connectivity index (χ0n) is 18.7. The van der Waals surface area contributed by atoms with E-state index in [-0.39, 0.29) is 6.04 Å². The molecule has 0 aliphatic carbocycles. The number of piperazine rings is 1. The highest BCUT2D eigenvalue weighted by atomic mass is 16.3. The zero-order valence-corrected chi connectivity index (χ0v) is 18.7. The van der Waals surface area contributed by atoms with E-state index in [0.29, 0.717) is 30.7 Å². The highest BCUT2D eigenvalue weighted by molar-refractivity contribution is 5.95. The molecule has 2 saturated heterocycles. The van der Waals surface area contributed by atoms with Gasteiger partial charge in [0.05, 0.1) is 23.2 Å². The number of aliphatic hydroxyl groups is 1. The molecular weight excluding hydrogens is 412 g/mol. The van der Waals surface area contributed by atoms with E-state index in [1.165, 1.54) is 11.1 Å². The molecule has 0 spiro atoms. The van der Waals surface area contributed by atoms with Gasteiger partial charge in [-0.25, -0.2) is 0 Å². The first-order valence-corrected chi connectivity index (χ1v) is 11.6. The quantitative estimate of drug-likeness (QED) is 0.632. The van der Waals surface area contributed by atoms with E-state index in [4.69, 9.17) is 5.73 Å². The monoisotopic (exact) mass is 440 g/mol. The lowest BCUT2D eigenvalue weighted by Gasteiger charge is -2.43. The van der Waals surface area contributed by atoms with E-state index in [1.54, 1.807) is 6.20 Å². The number of hydrogen-bond donors (Lipinski definition) is 2. The fraction of sp³-hybridized carbons (Fsp3) is 0.385. The number of aliphatic hydroxyl groups excluding tert-OH is 1. The predicted molar refractivity (Wildman–Crippen MR) is 129 cm³/mol. The summed E-state index contributed by atoms with van der Waals surface area (Å²) in [5, 5.41) is 20.6. The van der Waals surface area contributed by atoms with Gasteiger partial charge < -0.3 is 20.6 Å². The van der Waals surface area contributed by atoms with Crippen LogP contribution in [0.1, 0.15) is 29.7 Å². The summed E-state index contributed by atoms with van der Waals surface area (Å²) < 4.78 is 0. The lowest BCUT2D eigenvalue weighted by atomic mass is 9.99. The van der Waals surface area contributed by atoms with Crippen LogP contribution in [0.3, 0.4) is 0 Å². The number of nitrogens with two attached hydrogens (primary N) is 1. The molecular formula is C26H28N6O. The number of fused-ring (bicyclic) bond motifs is 4. The minimum Gasteiger partial charge on any atom is -0.390 e. The number of aromatic nitrogens is 1. The summed E-state index contributed by atoms with van der Waals surface area (Å²) in [5.74, 6) is 0. The van der Waals surface area contributed by atoms with Crippen LogP contribution in [0.25, 0.3) is 10.9 Å². The topological polar surface area (TPSA) is 92.7 Å². The van der Waals surface area contributed by atoms with Gasteiger partial charge in [-0.1, -0.05) is 6.07 Å². The Kier molecular flexibility index (Phi) is 4.77. The first kappa shape index (κ1) is 20.4. The van der Waals surface area contributed by atoms with Crippen molar-refractivity contribution in [1.82, 2.24) is 9.88 Å². The van der Waals surface area contributed by atoms with Crippen molar-refractivity contribution in [3.63, 3.8) is 0 Å². The Morgan fingerprint density at radius 1 is 1.09 bits per heavy atom. The van der Waals surface area contributed by atoms with Crippen molar-refractivity contribution >= 4 is 22.3 Å². The van der Waals surface area contributed by atoms with Crippen molar-refractivity contribution in [3.8, 4) is 6.07 Å². The van der Waals surface area contributed by atoms with Gasteiger partial charge >= 0.3 is 0 Å². The molecule has 0 bridgehead atoms. The zero-order chi connectivity index (χ0) is 22.7. The van der Waals surface area contributed by atoms with E-state index in [9.17, 15) is 10.4 Å². The third-order valence-electron chi connectivity index (χ3n) is 7.59. The summed E-state index contributed by atoms with van der Waals surface area (Å²) in [6.07, 6.45) is 1.29. The number of anilines is 2. The van der Waals surface area contributed by atoms with Crippen LogP contribution in [-0.2, 0) is 6.54 Å². The van der Waals surface area contributed by atoms with Crippen LogP contribution in [0.5, 0.6) is 0 Å². The van der Waals surface area contributed by atoms with Gasteiger partial charge in [-0.15, -0.1) is 0 Å². The number of nitrogens with zero attached hydrogens (tertiary/aromatic N) is 5. The standard InChI is InChI=1S/C26H28N6O/c1-16-11-31(23-7-4-17(10-27)26-21(23)3-2-8-29-26)14-24-20-6-5-19(9-18(20)12-32(16)24)30-13-22(28)25(33)15-30/h2-9,16,22,24-25,33H,11-15,28H2,1H3/t16-,22+,24-,25+/m1/s1. The molecule has 0 radical (unpaired) electrons. The molecule has 7 nitrogen and oxygen atoms in total. The molecule has 2 fully saturated rings. The Hall–Kier alpha value is -3.18. The van der Waals surface area contributed by atoms with E-state index in [1.807, 2.05) is 12.1 Å². The van der Waals surface area contributed by atoms with Crippen molar-refractivity contribution < 1.29 is 5.11 Å². The van der Waals surface area contributed by atoms with Crippen molar-refractivity contribution in [2.45, 2.75) is 37.7 Å². The molecule has 2 aromatic carbocycles. The Labute approximate surface area is 193 Å². The lowest BCUT2D eigenvalue weighted by molar-refractivity contribution is 0.134. The maximum atomic E-state index is 10.1. The number of β-amino-alcohol motifs (C(OH)–C–C–N with tert-alkyl or cyclic N) is 1. The van der Waals surface area contributed by atoms with Gasteiger partial charge in [-0.2, -0.15) is 5.26 Å². The van der Waals surface area contributed by atoms with Crippen LogP contribution in [0.4, 0.5) is 11.4 Å². The summed E-state index contributed by atoms with van der Waals surface area (Å²) in [5.41, 5.74) is 12.5. The largest absolute Gasteiger partial charge is 0.390 e. The summed E-state index contributed by atoms with van der Waals surface area (Å²) in [7, 11) is 0. The first-order valence-electron chi connectivity index (χ1n) is 11.6. The van der Waals surface area contributed by atoms with E-state index >= 15 is 0 Å². The van der Waals surface area contributed by atoms with Crippen molar-refractivity contribution in [3.05, 3.63) is 65.4 Å². The molecule has 3 aromatic rings. The maximum absolute atomic E-state index is 10.1. The fourth-order valence-electron chi connectivity index (χ4n) is 5.85. The Morgan fingerprint density at radius 3 is 2.76 bits per heavy atom. The van der Waals surface area contributed by atoms with Gasteiger partial charge in [-0.05, 0) is 54.4 Å². The Morgan fingerprint density at radius 2 is 1.97 bits per heavy atom. The lowest BCUT2D eigenvalue weighted by Crippen LogP contribution is -2.51. The molecule has 168 valence electrons. The second-order valence-corrected chi connectivity index (χ2v) is 9.61. The highest BCUT2D eigenvalue weighted by Gasteiger charge is 2.39. The molecule has 0 amide bonds. The van der Waals surface area contributed by atoms with Gasteiger partial charge in [0.1, 0.15) is 6.07 Å². The molecule has 0 unspecified atom stereocenters. The number of hydrogen-bond acceptors (Lipinski definition) is 7. The van der Waals surface area contributed by atoms with E-state index < -0.39 is 6.10 Å². The molecule has 4 atom stereocenters. The summed E-state index contributed by atoms with van der Waals surface area (Å²) >= 11 is 0. The van der Waals surface area contributed by atoms with Gasteiger partial charge in [-0.3, -0.25) is 9.88 Å². The fourth-order valence-corrected chi connectivity index (χ4v) is 5.85. The average molecular weight is 441 g/mol. The molecule has 33 heavy (non-hydrogen) atoms. The van der Waals surface area contributed by atoms with Gasteiger partial charge in [0.2, 0.25) is 0 Å². The van der Waals surface area contributed by atoms with Crippen LogP contribution < -0.4 is 15.5 Å². The van der Waals surface area contributed by atoms with Crippen molar-refractivity contribution in [2.75, 3.05) is 36.0 Å². The molecule has 1 aromatic heterocycles. The average Bonchev–Trinajstić information content (AvgIpc) is 3.37. The van der Waals surface area contributed by atoms with Crippen molar-refractivity contribution in [1.29, 1.82) is 5.26 Å². The maximum Gasteiger partial charge on any atom is 0.101 e. The number of benzene rings is 2. The molecule has 3 N–H and O–H groups in total. The molecule has 7 heteroatoms. The third-order valence-corrected chi connectivity index (χ3v) is 7.59. The van der Waals surface area contributed by atoms with Crippen LogP contribution in [0.2, 0.25) is 0 Å². The minimum atomic E-state index is -0.463. The van der Waals surface area contributed by atoms with Crippen LogP contribution in [0, 0.1) is 11.3 Å². The molecule has 3 aliphatic rings. The van der Waals surface area contributed by atoms with E-state index in [0.717, 1.165) is 41.9 Å². The molecule has 3 aliphatic heterocycles. The van der Waals surface area contributed by atoms with Crippen molar-refractivity contribution in [2.24, 2.45) is 5.73 Å². The number of rotatable bonds is 2. The van der Waals surface area contributed by atoms with Gasteiger partial charge in [0.15, 0.2) is 0 Å². The third kappa shape index (κ3) is 3.25. The SMILES string of the molecule is C[C@@H]1CN(c2ccc(C#N)c3ncccc23)C[C@@H]2c3ccc(N4C[C@H](N)[C@@H](O)C4)cc3CN12. The molecule has 0 saturated carbocycles. The normalized spacial score (nSPS) is 27.0.